The van der Waals surface area contributed by atoms with E-state index in [9.17, 15) is 17.5 Å². The molecule has 3 aromatic rings. The van der Waals surface area contributed by atoms with Crippen molar-refractivity contribution < 1.29 is 22.3 Å². The summed E-state index contributed by atoms with van der Waals surface area (Å²) in [5, 5.41) is 4.01. The number of rotatable bonds is 6. The highest BCUT2D eigenvalue weighted by Gasteiger charge is 2.17. The van der Waals surface area contributed by atoms with Crippen LogP contribution in [0.25, 0.3) is 16.9 Å². The van der Waals surface area contributed by atoms with Gasteiger partial charge in [0, 0.05) is 11.3 Å². The minimum absolute atomic E-state index is 0.0969. The van der Waals surface area contributed by atoms with Gasteiger partial charge in [-0.05, 0) is 35.9 Å². The molecule has 2 aromatic carbocycles. The third-order valence-corrected chi connectivity index (χ3v) is 4.37. The predicted octanol–water partition coefficient (Wildman–Crippen LogP) is 3.86. The zero-order valence-corrected chi connectivity index (χ0v) is 14.6. The second-order valence-electron chi connectivity index (χ2n) is 5.51. The van der Waals surface area contributed by atoms with Gasteiger partial charge in [0.15, 0.2) is 0 Å². The smallest absolute Gasteiger partial charge is 0.282 e. The SMILES string of the molecule is COc1ccc(-n2nc(C(F)F)cc2-c2ccc(CS(=O)[O-])cc2)cc1. The molecule has 0 saturated heterocycles. The first kappa shape index (κ1) is 18.2. The third kappa shape index (κ3) is 3.97. The van der Waals surface area contributed by atoms with E-state index in [-0.39, 0.29) is 11.4 Å². The molecule has 1 heterocycles. The predicted molar refractivity (Wildman–Crippen MR) is 93.1 cm³/mol. The molecule has 0 bridgehead atoms. The first-order valence-electron chi connectivity index (χ1n) is 7.65. The van der Waals surface area contributed by atoms with Gasteiger partial charge in [-0.3, -0.25) is 4.21 Å². The Hall–Kier alpha value is -2.58. The van der Waals surface area contributed by atoms with Gasteiger partial charge in [-0.1, -0.05) is 35.3 Å². The molecule has 0 fully saturated rings. The summed E-state index contributed by atoms with van der Waals surface area (Å²) in [4.78, 5) is 0. The molecule has 5 nitrogen and oxygen atoms in total. The molecule has 1 aromatic heterocycles. The van der Waals surface area contributed by atoms with Crippen molar-refractivity contribution in [1.82, 2.24) is 9.78 Å². The van der Waals surface area contributed by atoms with Crippen LogP contribution in [-0.2, 0) is 16.8 Å². The summed E-state index contributed by atoms with van der Waals surface area (Å²) in [6.45, 7) is 0. The van der Waals surface area contributed by atoms with Crippen LogP contribution in [0.4, 0.5) is 8.78 Å². The standard InChI is InChI=1S/C18H16F2N2O3S/c1-25-15-8-6-14(7-9-15)22-17(10-16(21-22)18(19)20)13-4-2-12(3-5-13)11-26(23)24/h2-10,18H,11H2,1H3,(H,23,24)/p-1. The third-order valence-electron chi connectivity index (χ3n) is 3.80. The topological polar surface area (TPSA) is 67.2 Å². The quantitative estimate of drug-likeness (QED) is 0.612. The molecule has 0 saturated carbocycles. The van der Waals surface area contributed by atoms with E-state index in [1.165, 1.54) is 10.7 Å². The van der Waals surface area contributed by atoms with Crippen molar-refractivity contribution in [1.29, 1.82) is 0 Å². The molecule has 136 valence electrons. The molecule has 0 spiro atoms. The lowest BCUT2D eigenvalue weighted by Crippen LogP contribution is -2.00. The van der Waals surface area contributed by atoms with Crippen LogP contribution in [0.5, 0.6) is 5.75 Å². The van der Waals surface area contributed by atoms with Crippen molar-refractivity contribution in [3.05, 3.63) is 65.9 Å². The molecule has 0 aliphatic carbocycles. The van der Waals surface area contributed by atoms with Gasteiger partial charge in [0.05, 0.1) is 18.5 Å². The largest absolute Gasteiger partial charge is 0.772 e. The summed E-state index contributed by atoms with van der Waals surface area (Å²) in [6, 6.07) is 14.9. The molecule has 1 unspecified atom stereocenters. The molecule has 0 N–H and O–H groups in total. The monoisotopic (exact) mass is 377 g/mol. The highest BCUT2D eigenvalue weighted by molar-refractivity contribution is 7.78. The molecule has 8 heteroatoms. The summed E-state index contributed by atoms with van der Waals surface area (Å²) in [6.07, 6.45) is -2.70. The van der Waals surface area contributed by atoms with Gasteiger partial charge in [0.1, 0.15) is 11.4 Å². The fraction of sp³-hybridized carbons (Fsp3) is 0.167. The maximum atomic E-state index is 13.2. The molecule has 1 atom stereocenters. The van der Waals surface area contributed by atoms with Gasteiger partial charge >= 0.3 is 0 Å². The van der Waals surface area contributed by atoms with Crippen molar-refractivity contribution >= 4 is 11.1 Å². The number of hydrogen-bond acceptors (Lipinski definition) is 4. The summed E-state index contributed by atoms with van der Waals surface area (Å²) in [5.41, 5.74) is 2.03. The van der Waals surface area contributed by atoms with Crippen LogP contribution in [0.1, 0.15) is 17.7 Å². The Labute approximate surface area is 151 Å². The Balaban J connectivity index is 2.03. The highest BCUT2D eigenvalue weighted by atomic mass is 32.2. The number of nitrogens with zero attached hydrogens (tertiary/aromatic N) is 2. The van der Waals surface area contributed by atoms with E-state index in [4.69, 9.17) is 4.74 Å². The van der Waals surface area contributed by atoms with Gasteiger partial charge in [-0.15, -0.1) is 0 Å². The molecule has 0 radical (unpaired) electrons. The van der Waals surface area contributed by atoms with Crippen molar-refractivity contribution in [2.24, 2.45) is 0 Å². The second-order valence-corrected chi connectivity index (χ2v) is 6.41. The minimum Gasteiger partial charge on any atom is -0.772 e. The summed E-state index contributed by atoms with van der Waals surface area (Å²) in [7, 11) is 1.54. The molecule has 0 aliphatic heterocycles. The minimum atomic E-state index is -2.70. The van der Waals surface area contributed by atoms with Crippen LogP contribution in [0.15, 0.2) is 54.6 Å². The van der Waals surface area contributed by atoms with Crippen molar-refractivity contribution in [2.75, 3.05) is 7.11 Å². The van der Waals surface area contributed by atoms with Crippen LogP contribution in [0, 0.1) is 0 Å². The second kappa shape index (κ2) is 7.76. The average Bonchev–Trinajstić information content (AvgIpc) is 3.07. The number of ether oxygens (including phenoxy) is 1. The molecular formula is C18H15F2N2O3S-. The van der Waals surface area contributed by atoms with Crippen LogP contribution in [0.3, 0.4) is 0 Å². The van der Waals surface area contributed by atoms with Gasteiger partial charge < -0.3 is 9.29 Å². The Kier molecular flexibility index (Phi) is 5.43. The Bertz CT molecular complexity index is 909. The van der Waals surface area contributed by atoms with Gasteiger partial charge in [0.25, 0.3) is 6.43 Å². The van der Waals surface area contributed by atoms with E-state index in [2.05, 4.69) is 5.10 Å². The van der Waals surface area contributed by atoms with Crippen LogP contribution in [-0.4, -0.2) is 25.7 Å². The Morgan fingerprint density at radius 1 is 1.15 bits per heavy atom. The molecule has 3 rings (SSSR count). The first-order valence-corrected chi connectivity index (χ1v) is 8.90. The van der Waals surface area contributed by atoms with E-state index in [0.29, 0.717) is 28.3 Å². The highest BCUT2D eigenvalue weighted by Crippen LogP contribution is 2.29. The fourth-order valence-corrected chi connectivity index (χ4v) is 3.00. The zero-order chi connectivity index (χ0) is 18.7. The number of hydrogen-bond donors (Lipinski definition) is 0. The van der Waals surface area contributed by atoms with Gasteiger partial charge in [-0.25, -0.2) is 13.5 Å². The average molecular weight is 377 g/mol. The Morgan fingerprint density at radius 3 is 2.35 bits per heavy atom. The molecule has 0 amide bonds. The van der Waals surface area contributed by atoms with Gasteiger partial charge in [0.2, 0.25) is 0 Å². The summed E-state index contributed by atoms with van der Waals surface area (Å²) >= 11 is -2.19. The van der Waals surface area contributed by atoms with Crippen molar-refractivity contribution in [3.8, 4) is 22.7 Å². The number of aromatic nitrogens is 2. The van der Waals surface area contributed by atoms with Gasteiger partial charge in [-0.2, -0.15) is 5.10 Å². The van der Waals surface area contributed by atoms with E-state index in [0.717, 1.165) is 0 Å². The molecule has 0 aliphatic rings. The van der Waals surface area contributed by atoms with Crippen LogP contribution >= 0.6 is 0 Å². The van der Waals surface area contributed by atoms with Crippen molar-refractivity contribution in [3.63, 3.8) is 0 Å². The van der Waals surface area contributed by atoms with Crippen molar-refractivity contribution in [2.45, 2.75) is 12.2 Å². The zero-order valence-electron chi connectivity index (χ0n) is 13.8. The maximum Gasteiger partial charge on any atom is 0.282 e. The van der Waals surface area contributed by atoms with E-state index < -0.39 is 17.5 Å². The lowest BCUT2D eigenvalue weighted by atomic mass is 10.1. The normalized spacial score (nSPS) is 12.3. The fourth-order valence-electron chi connectivity index (χ4n) is 2.54. The van der Waals surface area contributed by atoms with E-state index >= 15 is 0 Å². The van der Waals surface area contributed by atoms with Crippen LogP contribution < -0.4 is 4.74 Å². The number of benzene rings is 2. The lowest BCUT2D eigenvalue weighted by Gasteiger charge is -2.10. The summed E-state index contributed by atoms with van der Waals surface area (Å²) in [5.74, 6) is 0.548. The Morgan fingerprint density at radius 2 is 1.81 bits per heavy atom. The van der Waals surface area contributed by atoms with E-state index in [1.54, 1.807) is 55.6 Å². The van der Waals surface area contributed by atoms with Crippen LogP contribution in [0.2, 0.25) is 0 Å². The van der Waals surface area contributed by atoms with E-state index in [1.807, 2.05) is 0 Å². The molecular weight excluding hydrogens is 362 g/mol. The maximum absolute atomic E-state index is 13.2. The first-order chi connectivity index (χ1) is 12.5. The molecule has 26 heavy (non-hydrogen) atoms. The number of alkyl halides is 2. The lowest BCUT2D eigenvalue weighted by molar-refractivity contribution is 0.145. The summed E-state index contributed by atoms with van der Waals surface area (Å²) < 4.78 is 54.4. The number of halogens is 2. The number of methoxy groups -OCH3 is 1.